The number of rotatable bonds is 5. The Morgan fingerprint density at radius 2 is 1.58 bits per heavy atom. The molecule has 0 bridgehead atoms. The van der Waals surface area contributed by atoms with Crippen molar-refractivity contribution in [1.82, 2.24) is 0 Å². The van der Waals surface area contributed by atoms with Crippen LogP contribution >= 0.6 is 0 Å². The van der Waals surface area contributed by atoms with Crippen LogP contribution in [0.4, 0.5) is 15.8 Å². The molecule has 1 aliphatic rings. The molecular weight excluding hydrogens is 423 g/mol. The molecule has 31 heavy (non-hydrogen) atoms. The summed E-state index contributed by atoms with van der Waals surface area (Å²) in [6, 6.07) is 14.2. The van der Waals surface area contributed by atoms with Crippen LogP contribution in [-0.4, -0.2) is 27.5 Å². The molecule has 0 spiro atoms. The summed E-state index contributed by atoms with van der Waals surface area (Å²) in [5, 5.41) is 2.75. The van der Waals surface area contributed by atoms with Gasteiger partial charge in [0.15, 0.2) is 11.5 Å². The molecule has 0 aromatic heterocycles. The lowest BCUT2D eigenvalue weighted by Gasteiger charge is -2.19. The van der Waals surface area contributed by atoms with Crippen molar-refractivity contribution in [2.24, 2.45) is 0 Å². The molecule has 0 fully saturated rings. The number of carbonyl (C=O) groups excluding carboxylic acids is 1. The number of amides is 1. The molecule has 0 aliphatic carbocycles. The minimum atomic E-state index is -3.97. The lowest BCUT2D eigenvalue weighted by atomic mass is 10.1. The molecule has 0 saturated carbocycles. The maximum Gasteiger partial charge on any atom is 0.261 e. The Hall–Kier alpha value is -3.59. The molecule has 2 N–H and O–H groups in total. The SMILES string of the molecule is Cc1ccc(S(=O)(=O)Nc2ccc(F)cc2)cc1C(=O)Nc1ccc2c(c1)OCCO2. The highest BCUT2D eigenvalue weighted by Gasteiger charge is 2.19. The fraction of sp³-hybridized carbons (Fsp3) is 0.136. The van der Waals surface area contributed by atoms with Crippen LogP contribution in [0.2, 0.25) is 0 Å². The molecule has 1 amide bonds. The van der Waals surface area contributed by atoms with E-state index in [0.717, 1.165) is 12.1 Å². The van der Waals surface area contributed by atoms with Gasteiger partial charge >= 0.3 is 0 Å². The molecule has 1 heterocycles. The number of fused-ring (bicyclic) bond motifs is 1. The number of benzene rings is 3. The van der Waals surface area contributed by atoms with Crippen LogP contribution in [0.15, 0.2) is 65.6 Å². The zero-order valence-corrected chi connectivity index (χ0v) is 17.3. The number of sulfonamides is 1. The monoisotopic (exact) mass is 442 g/mol. The van der Waals surface area contributed by atoms with Crippen molar-refractivity contribution >= 4 is 27.3 Å². The fourth-order valence-electron chi connectivity index (χ4n) is 3.06. The quantitative estimate of drug-likeness (QED) is 0.624. The maximum absolute atomic E-state index is 13.1. The summed E-state index contributed by atoms with van der Waals surface area (Å²) in [4.78, 5) is 12.7. The molecule has 9 heteroatoms. The highest BCUT2D eigenvalue weighted by atomic mass is 32.2. The number of ether oxygens (including phenoxy) is 2. The van der Waals surface area contributed by atoms with Crippen molar-refractivity contribution in [3.8, 4) is 11.5 Å². The second-order valence-electron chi connectivity index (χ2n) is 6.90. The number of hydrogen-bond donors (Lipinski definition) is 2. The first-order chi connectivity index (χ1) is 14.8. The first-order valence-corrected chi connectivity index (χ1v) is 10.9. The number of nitrogens with one attached hydrogen (secondary N) is 2. The summed E-state index contributed by atoms with van der Waals surface area (Å²) in [7, 11) is -3.97. The van der Waals surface area contributed by atoms with Crippen molar-refractivity contribution in [3.05, 3.63) is 77.6 Å². The third kappa shape index (κ3) is 4.61. The third-order valence-electron chi connectivity index (χ3n) is 4.66. The Labute approximate surface area is 178 Å². The fourth-order valence-corrected chi connectivity index (χ4v) is 4.15. The summed E-state index contributed by atoms with van der Waals surface area (Å²) in [6.45, 7) is 2.60. The normalized spacial score (nSPS) is 12.8. The highest BCUT2D eigenvalue weighted by Crippen LogP contribution is 2.33. The number of aryl methyl sites for hydroxylation is 1. The third-order valence-corrected chi connectivity index (χ3v) is 6.04. The van der Waals surface area contributed by atoms with Crippen molar-refractivity contribution in [2.75, 3.05) is 23.3 Å². The van der Waals surface area contributed by atoms with Crippen molar-refractivity contribution in [2.45, 2.75) is 11.8 Å². The Bertz CT molecular complexity index is 1240. The summed E-state index contributed by atoms with van der Waals surface area (Å²) < 4.78 is 51.9. The number of carbonyl (C=O) groups is 1. The summed E-state index contributed by atoms with van der Waals surface area (Å²) >= 11 is 0. The smallest absolute Gasteiger partial charge is 0.261 e. The molecule has 3 aromatic carbocycles. The van der Waals surface area contributed by atoms with Crippen LogP contribution in [0, 0.1) is 12.7 Å². The van der Waals surface area contributed by atoms with E-state index < -0.39 is 21.7 Å². The largest absolute Gasteiger partial charge is 0.486 e. The zero-order valence-electron chi connectivity index (χ0n) is 16.5. The minimum Gasteiger partial charge on any atom is -0.486 e. The molecule has 3 aromatic rings. The van der Waals surface area contributed by atoms with Gasteiger partial charge in [-0.1, -0.05) is 6.07 Å². The molecule has 0 unspecified atom stereocenters. The Morgan fingerprint density at radius 1 is 0.903 bits per heavy atom. The van der Waals surface area contributed by atoms with E-state index in [1.165, 1.54) is 24.3 Å². The van der Waals surface area contributed by atoms with E-state index in [-0.39, 0.29) is 16.1 Å². The van der Waals surface area contributed by atoms with Gasteiger partial charge in [-0.25, -0.2) is 12.8 Å². The number of anilines is 2. The molecule has 4 rings (SSSR count). The molecule has 160 valence electrons. The summed E-state index contributed by atoms with van der Waals surface area (Å²) in [5.74, 6) is 0.186. The van der Waals surface area contributed by atoms with Crippen molar-refractivity contribution < 1.29 is 27.1 Å². The lowest BCUT2D eigenvalue weighted by molar-refractivity contribution is 0.102. The predicted octanol–water partition coefficient (Wildman–Crippen LogP) is 3.96. The number of hydrogen-bond acceptors (Lipinski definition) is 5. The van der Waals surface area contributed by atoms with E-state index in [0.29, 0.717) is 36.0 Å². The second-order valence-corrected chi connectivity index (χ2v) is 8.58. The van der Waals surface area contributed by atoms with E-state index in [1.54, 1.807) is 31.2 Å². The average Bonchev–Trinajstić information content (AvgIpc) is 2.75. The Balaban J connectivity index is 1.57. The average molecular weight is 442 g/mol. The minimum absolute atomic E-state index is 0.0882. The van der Waals surface area contributed by atoms with Gasteiger partial charge in [0.05, 0.1) is 4.90 Å². The predicted molar refractivity (Wildman–Crippen MR) is 114 cm³/mol. The first kappa shape index (κ1) is 20.7. The van der Waals surface area contributed by atoms with Crippen LogP contribution in [0.25, 0.3) is 0 Å². The highest BCUT2D eigenvalue weighted by molar-refractivity contribution is 7.92. The van der Waals surface area contributed by atoms with Gasteiger partial charge in [0.1, 0.15) is 19.0 Å². The van der Waals surface area contributed by atoms with Crippen LogP contribution in [0.1, 0.15) is 15.9 Å². The van der Waals surface area contributed by atoms with Gasteiger partial charge in [-0.3, -0.25) is 9.52 Å². The van der Waals surface area contributed by atoms with E-state index in [2.05, 4.69) is 10.0 Å². The van der Waals surface area contributed by atoms with Gasteiger partial charge in [-0.15, -0.1) is 0 Å². The molecular formula is C22H19FN2O5S. The first-order valence-electron chi connectivity index (χ1n) is 9.42. The summed E-state index contributed by atoms with van der Waals surface area (Å²) in [6.07, 6.45) is 0. The van der Waals surface area contributed by atoms with Gasteiger partial charge in [-0.2, -0.15) is 0 Å². The Kier molecular flexibility index (Phi) is 5.51. The molecule has 1 aliphatic heterocycles. The van der Waals surface area contributed by atoms with E-state index in [4.69, 9.17) is 9.47 Å². The lowest BCUT2D eigenvalue weighted by Crippen LogP contribution is -2.18. The van der Waals surface area contributed by atoms with Gasteiger partial charge in [-0.05, 0) is 61.0 Å². The number of halogens is 1. The molecule has 0 saturated heterocycles. The van der Waals surface area contributed by atoms with E-state index in [9.17, 15) is 17.6 Å². The van der Waals surface area contributed by atoms with Crippen molar-refractivity contribution in [3.63, 3.8) is 0 Å². The van der Waals surface area contributed by atoms with Gasteiger partial charge in [0.2, 0.25) is 0 Å². The topological polar surface area (TPSA) is 93.7 Å². The van der Waals surface area contributed by atoms with Gasteiger partial charge in [0.25, 0.3) is 15.9 Å². The maximum atomic E-state index is 13.1. The Morgan fingerprint density at radius 3 is 2.32 bits per heavy atom. The van der Waals surface area contributed by atoms with Crippen molar-refractivity contribution in [1.29, 1.82) is 0 Å². The van der Waals surface area contributed by atoms with Crippen LogP contribution < -0.4 is 19.5 Å². The van der Waals surface area contributed by atoms with Gasteiger partial charge < -0.3 is 14.8 Å². The summed E-state index contributed by atoms with van der Waals surface area (Å²) in [5.41, 5.74) is 1.52. The molecule has 0 radical (unpaired) electrons. The van der Waals surface area contributed by atoms with Gasteiger partial charge in [0, 0.05) is 23.0 Å². The zero-order chi connectivity index (χ0) is 22.0. The van der Waals surface area contributed by atoms with Crippen LogP contribution in [0.5, 0.6) is 11.5 Å². The van der Waals surface area contributed by atoms with Crippen LogP contribution in [0.3, 0.4) is 0 Å². The van der Waals surface area contributed by atoms with E-state index >= 15 is 0 Å². The molecule has 0 atom stereocenters. The molecule has 7 nitrogen and oxygen atoms in total. The standard InChI is InChI=1S/C22H19FN2O5S/c1-14-2-8-18(31(27,28)25-16-5-3-15(23)4-6-16)13-19(14)22(26)24-17-7-9-20-21(12-17)30-11-10-29-20/h2-9,12-13,25H,10-11H2,1H3,(H,24,26). The second kappa shape index (κ2) is 8.27. The van der Waals surface area contributed by atoms with Crippen LogP contribution in [-0.2, 0) is 10.0 Å². The van der Waals surface area contributed by atoms with E-state index in [1.807, 2.05) is 0 Å².